The molecule has 6 rings (SSSR count). The van der Waals surface area contributed by atoms with Crippen LogP contribution in [0.3, 0.4) is 0 Å². The lowest BCUT2D eigenvalue weighted by atomic mass is 9.63. The zero-order valence-electron chi connectivity index (χ0n) is 26.9. The fourth-order valence-electron chi connectivity index (χ4n) is 8.19. The Balaban J connectivity index is 1.09. The highest BCUT2D eigenvalue weighted by Gasteiger charge is 2.44. The Morgan fingerprint density at radius 1 is 0.915 bits per heavy atom. The van der Waals surface area contributed by atoms with E-state index in [9.17, 15) is 18.0 Å². The summed E-state index contributed by atoms with van der Waals surface area (Å²) in [7, 11) is 0. The number of piperidine rings is 1. The van der Waals surface area contributed by atoms with Gasteiger partial charge in [0.05, 0.1) is 11.6 Å². The lowest BCUT2D eigenvalue weighted by molar-refractivity contribution is -0.138. The lowest BCUT2D eigenvalue weighted by Crippen LogP contribution is -2.55. The van der Waals surface area contributed by atoms with Gasteiger partial charge in [0.15, 0.2) is 0 Å². The minimum Gasteiger partial charge on any atom is -0.382 e. The van der Waals surface area contributed by atoms with Gasteiger partial charge in [-0.05, 0) is 111 Å². The van der Waals surface area contributed by atoms with Crippen molar-refractivity contribution in [1.82, 2.24) is 25.0 Å². The number of alkyl halides is 3. The van der Waals surface area contributed by atoms with Crippen LogP contribution in [0, 0.1) is 11.3 Å². The van der Waals surface area contributed by atoms with Crippen LogP contribution in [0.15, 0.2) is 61.2 Å². The first kappa shape index (κ1) is 33.8. The molecule has 2 N–H and O–H groups in total. The van der Waals surface area contributed by atoms with Gasteiger partial charge < -0.3 is 15.5 Å². The van der Waals surface area contributed by atoms with Crippen molar-refractivity contribution in [3.05, 3.63) is 77.3 Å². The number of hydrogen-bond acceptors (Lipinski definition) is 5. The first-order chi connectivity index (χ1) is 22.7. The molecule has 2 heterocycles. The van der Waals surface area contributed by atoms with Gasteiger partial charge in [0.2, 0.25) is 5.91 Å². The molecule has 3 aromatic rings. The lowest BCUT2D eigenvalue weighted by Gasteiger charge is -2.48. The Morgan fingerprint density at radius 2 is 1.57 bits per heavy atom. The molecule has 1 amide bonds. The predicted octanol–water partition coefficient (Wildman–Crippen LogP) is 7.76. The molecule has 47 heavy (non-hydrogen) atoms. The van der Waals surface area contributed by atoms with Gasteiger partial charge in [-0.15, -0.1) is 0 Å². The maximum absolute atomic E-state index is 14.3. The molecule has 1 aliphatic heterocycles. The fourth-order valence-corrected chi connectivity index (χ4v) is 8.32. The van der Waals surface area contributed by atoms with Gasteiger partial charge in [-0.2, -0.15) is 18.3 Å². The highest BCUT2D eigenvalue weighted by Crippen LogP contribution is 2.47. The van der Waals surface area contributed by atoms with Crippen LogP contribution in [0.2, 0.25) is 5.02 Å². The average molecular weight is 671 g/mol. The Kier molecular flexibility index (Phi) is 10.8. The van der Waals surface area contributed by atoms with E-state index in [-0.39, 0.29) is 29.4 Å². The van der Waals surface area contributed by atoms with Crippen molar-refractivity contribution < 1.29 is 18.0 Å². The number of carbonyl (C=O) groups is 1. The van der Waals surface area contributed by atoms with Gasteiger partial charge in [-0.1, -0.05) is 43.0 Å². The first-order valence-corrected chi connectivity index (χ1v) is 17.6. The third-order valence-electron chi connectivity index (χ3n) is 10.9. The van der Waals surface area contributed by atoms with Crippen LogP contribution in [0.4, 0.5) is 18.9 Å². The van der Waals surface area contributed by atoms with Gasteiger partial charge >= 0.3 is 6.18 Å². The Morgan fingerprint density at radius 3 is 2.19 bits per heavy atom. The number of amides is 1. The summed E-state index contributed by atoms with van der Waals surface area (Å²) in [5, 5.41) is 12.3. The van der Waals surface area contributed by atoms with Crippen LogP contribution in [0.25, 0.3) is 0 Å². The molecular formula is C36H46ClF3N6O. The van der Waals surface area contributed by atoms with E-state index in [2.05, 4.69) is 25.6 Å². The number of anilines is 1. The van der Waals surface area contributed by atoms with Gasteiger partial charge in [0.25, 0.3) is 0 Å². The molecule has 0 unspecified atom stereocenters. The number of halogens is 4. The van der Waals surface area contributed by atoms with Crippen molar-refractivity contribution in [3.8, 4) is 0 Å². The van der Waals surface area contributed by atoms with Crippen LogP contribution in [0.5, 0.6) is 0 Å². The largest absolute Gasteiger partial charge is 0.416 e. The van der Waals surface area contributed by atoms with Crippen molar-refractivity contribution in [3.63, 3.8) is 0 Å². The number of carbonyl (C=O) groups excluding carboxylic acids is 1. The second kappa shape index (κ2) is 15.0. The van der Waals surface area contributed by atoms with Crippen molar-refractivity contribution in [2.45, 2.75) is 108 Å². The molecule has 1 aromatic heterocycles. The van der Waals surface area contributed by atoms with E-state index < -0.39 is 11.7 Å². The molecule has 0 radical (unpaired) electrons. The van der Waals surface area contributed by atoms with E-state index in [1.165, 1.54) is 44.2 Å². The molecular weight excluding hydrogens is 625 g/mol. The molecule has 2 saturated carbocycles. The maximum Gasteiger partial charge on any atom is 0.416 e. The number of benzene rings is 2. The van der Waals surface area contributed by atoms with Gasteiger partial charge in [-0.3, -0.25) is 9.48 Å². The molecule has 254 valence electrons. The zero-order chi connectivity index (χ0) is 32.9. The molecule has 1 saturated heterocycles. The smallest absolute Gasteiger partial charge is 0.382 e. The van der Waals surface area contributed by atoms with E-state index in [1.807, 2.05) is 35.3 Å². The number of hydrogen-bond donors (Lipinski definition) is 2. The molecule has 2 aromatic carbocycles. The first-order valence-electron chi connectivity index (χ1n) is 17.2. The van der Waals surface area contributed by atoms with Crippen LogP contribution < -0.4 is 10.6 Å². The number of nitrogens with zero attached hydrogens (tertiary/aromatic N) is 4. The van der Waals surface area contributed by atoms with Crippen LogP contribution >= 0.6 is 11.6 Å². The average Bonchev–Trinajstić information content (AvgIpc) is 3.59. The third kappa shape index (κ3) is 8.68. The van der Waals surface area contributed by atoms with Crippen LogP contribution in [0.1, 0.15) is 81.8 Å². The fraction of sp³-hybridized carbons (Fsp3) is 0.583. The second-order valence-corrected chi connectivity index (χ2v) is 14.4. The summed E-state index contributed by atoms with van der Waals surface area (Å²) in [6.07, 6.45) is 11.5. The number of rotatable bonds is 10. The summed E-state index contributed by atoms with van der Waals surface area (Å²) >= 11 is 6.17. The van der Waals surface area contributed by atoms with E-state index in [0.717, 1.165) is 75.9 Å². The molecule has 3 fully saturated rings. The molecule has 7 nitrogen and oxygen atoms in total. The van der Waals surface area contributed by atoms with Gasteiger partial charge in [0, 0.05) is 42.4 Å². The minimum absolute atomic E-state index is 0.127. The Hall–Kier alpha value is -3.11. The standard InChI is InChI=1S/C36H46ClF3N6O/c37-29-10-6-26(7-11-29)22-33(44-32-16-14-31(15-17-32)43-30-12-8-28(9-13-30)36(38,39)40)34(47)45-20-18-35(19-21-45,23-46-25-41-24-42-46)27-4-2-1-3-5-27/h6-13,24-25,27,31-33,43-44H,1-5,14-23H2/t31-,32+,33-/m1/s1. The highest BCUT2D eigenvalue weighted by molar-refractivity contribution is 6.30. The van der Waals surface area contributed by atoms with Crippen molar-refractivity contribution in [2.75, 3.05) is 18.4 Å². The SMILES string of the molecule is O=C([C@@H](Cc1ccc(Cl)cc1)N[C@H]1CC[C@@H](Nc2ccc(C(F)(F)F)cc2)CC1)N1CCC(Cn2cncn2)(C2CCCCC2)CC1. The predicted molar refractivity (Wildman–Crippen MR) is 178 cm³/mol. The summed E-state index contributed by atoms with van der Waals surface area (Å²) in [5.41, 5.74) is 1.25. The van der Waals surface area contributed by atoms with E-state index in [0.29, 0.717) is 23.0 Å². The normalized spacial score (nSPS) is 22.9. The number of aromatic nitrogens is 3. The van der Waals surface area contributed by atoms with Crippen molar-refractivity contribution >= 4 is 23.2 Å². The van der Waals surface area contributed by atoms with Crippen molar-refractivity contribution in [2.24, 2.45) is 11.3 Å². The minimum atomic E-state index is -4.34. The second-order valence-electron chi connectivity index (χ2n) is 13.9. The maximum atomic E-state index is 14.3. The summed E-state index contributed by atoms with van der Waals surface area (Å²) < 4.78 is 40.9. The molecule has 1 atom stereocenters. The van der Waals surface area contributed by atoms with Crippen molar-refractivity contribution in [1.29, 1.82) is 0 Å². The zero-order valence-corrected chi connectivity index (χ0v) is 27.7. The Labute approximate surface area is 280 Å². The molecule has 0 spiro atoms. The van der Waals surface area contributed by atoms with Gasteiger partial charge in [-0.25, -0.2) is 4.98 Å². The topological polar surface area (TPSA) is 75.1 Å². The summed E-state index contributed by atoms with van der Waals surface area (Å²) in [5.74, 6) is 0.801. The van der Waals surface area contributed by atoms with E-state index >= 15 is 0 Å². The molecule has 2 aliphatic carbocycles. The summed E-state index contributed by atoms with van der Waals surface area (Å²) in [6, 6.07) is 13.0. The van der Waals surface area contributed by atoms with Gasteiger partial charge in [0.1, 0.15) is 12.7 Å². The number of nitrogens with one attached hydrogen (secondary N) is 2. The highest BCUT2D eigenvalue weighted by atomic mass is 35.5. The van der Waals surface area contributed by atoms with E-state index in [1.54, 1.807) is 6.33 Å². The third-order valence-corrected chi connectivity index (χ3v) is 11.1. The number of likely N-dealkylation sites (tertiary alicyclic amines) is 1. The monoisotopic (exact) mass is 670 g/mol. The van der Waals surface area contributed by atoms with Crippen LogP contribution in [-0.2, 0) is 23.9 Å². The quantitative estimate of drug-likeness (QED) is 0.231. The Bertz CT molecular complexity index is 1410. The summed E-state index contributed by atoms with van der Waals surface area (Å²) in [4.78, 5) is 20.5. The van der Waals surface area contributed by atoms with Crippen LogP contribution in [-0.4, -0.2) is 56.8 Å². The summed E-state index contributed by atoms with van der Waals surface area (Å²) in [6.45, 7) is 2.34. The van der Waals surface area contributed by atoms with E-state index in [4.69, 9.17) is 11.6 Å². The molecule has 0 bridgehead atoms. The molecule has 3 aliphatic rings. The molecule has 11 heteroatoms.